The highest BCUT2D eigenvalue weighted by molar-refractivity contribution is 5.31. The third kappa shape index (κ3) is 4.14. The summed E-state index contributed by atoms with van der Waals surface area (Å²) in [5, 5.41) is 22.0. The van der Waals surface area contributed by atoms with Crippen LogP contribution in [-0.2, 0) is 0 Å². The average molecular weight is 233 g/mol. The van der Waals surface area contributed by atoms with Gasteiger partial charge in [0.05, 0.1) is 5.69 Å². The summed E-state index contributed by atoms with van der Waals surface area (Å²) in [7, 11) is 0. The zero-order valence-electron chi connectivity index (χ0n) is 10.8. The van der Waals surface area contributed by atoms with Gasteiger partial charge < -0.3 is 10.4 Å². The zero-order valence-corrected chi connectivity index (χ0v) is 10.8. The van der Waals surface area contributed by atoms with Crippen LogP contribution in [0.25, 0.3) is 0 Å². The van der Waals surface area contributed by atoms with Gasteiger partial charge in [0.15, 0.2) is 0 Å². The van der Waals surface area contributed by atoms with Crippen molar-refractivity contribution < 1.29 is 5.11 Å². The van der Waals surface area contributed by atoms with E-state index in [0.29, 0.717) is 17.9 Å². The van der Waals surface area contributed by atoms with Gasteiger partial charge in [-0.2, -0.15) is 5.26 Å². The van der Waals surface area contributed by atoms with Gasteiger partial charge in [-0.1, -0.05) is 6.07 Å². The summed E-state index contributed by atoms with van der Waals surface area (Å²) in [5.41, 5.74) is 1.68. The molecule has 0 saturated carbocycles. The van der Waals surface area contributed by atoms with E-state index >= 15 is 0 Å². The van der Waals surface area contributed by atoms with Gasteiger partial charge in [-0.25, -0.2) is 4.98 Å². The second-order valence-corrected chi connectivity index (χ2v) is 5.16. The van der Waals surface area contributed by atoms with E-state index in [2.05, 4.69) is 10.3 Å². The van der Waals surface area contributed by atoms with Gasteiger partial charge in [0.2, 0.25) is 0 Å². The lowest BCUT2D eigenvalue weighted by molar-refractivity contribution is 0.159. The van der Waals surface area contributed by atoms with Crippen LogP contribution < -0.4 is 5.32 Å². The second-order valence-electron chi connectivity index (χ2n) is 5.16. The first-order chi connectivity index (χ1) is 7.83. The van der Waals surface area contributed by atoms with E-state index in [4.69, 9.17) is 5.26 Å². The lowest BCUT2D eigenvalue weighted by atomic mass is 10.1. The first-order valence-corrected chi connectivity index (χ1v) is 5.64. The molecule has 4 heteroatoms. The molecule has 0 spiro atoms. The summed E-state index contributed by atoms with van der Waals surface area (Å²) in [6, 6.07) is 5.58. The number of hydrogen-bond donors (Lipinski definition) is 2. The Labute approximate surface area is 102 Å². The van der Waals surface area contributed by atoms with Gasteiger partial charge in [-0.3, -0.25) is 0 Å². The van der Waals surface area contributed by atoms with Crippen LogP contribution >= 0.6 is 0 Å². The first-order valence-electron chi connectivity index (χ1n) is 5.64. The molecule has 0 amide bonds. The molecular weight excluding hydrogens is 214 g/mol. The molecule has 4 nitrogen and oxygen atoms in total. The van der Waals surface area contributed by atoms with Gasteiger partial charge in [0, 0.05) is 12.1 Å². The Bertz CT molecular complexity index is 429. The predicted octanol–water partition coefficient (Wildman–Crippen LogP) is 1.68. The fourth-order valence-electron chi connectivity index (χ4n) is 1.35. The van der Waals surface area contributed by atoms with Gasteiger partial charge in [-0.05, 0) is 39.3 Å². The summed E-state index contributed by atoms with van der Waals surface area (Å²) in [6.07, 6.45) is -0.693. The van der Waals surface area contributed by atoms with Crippen molar-refractivity contribution in [3.05, 3.63) is 29.1 Å². The highest BCUT2D eigenvalue weighted by Gasteiger charge is 2.15. The summed E-state index contributed by atoms with van der Waals surface area (Å²) in [6.45, 7) is 8.34. The van der Waals surface area contributed by atoms with Crippen LogP contribution in [0.15, 0.2) is 12.1 Å². The largest absolute Gasteiger partial charge is 0.385 e. The van der Waals surface area contributed by atoms with Crippen molar-refractivity contribution in [3.63, 3.8) is 0 Å². The summed E-state index contributed by atoms with van der Waals surface area (Å²) >= 11 is 0. The van der Waals surface area contributed by atoms with Crippen LogP contribution in [0.2, 0.25) is 0 Å². The standard InChI is InChI=1S/C13H19N3O/c1-9-5-6-10(16-11(9)7-14)12(17)8-15-13(2,3)4/h5-6,12,15,17H,8H2,1-4H3/t12-/m0/s1. The van der Waals surface area contributed by atoms with E-state index in [0.717, 1.165) is 5.56 Å². The molecule has 0 unspecified atom stereocenters. The molecular formula is C13H19N3O. The number of hydrogen-bond acceptors (Lipinski definition) is 4. The number of rotatable bonds is 3. The van der Waals surface area contributed by atoms with Crippen LogP contribution in [-0.4, -0.2) is 22.2 Å². The number of pyridine rings is 1. The summed E-state index contributed by atoms with van der Waals surface area (Å²) in [5.74, 6) is 0. The van der Waals surface area contributed by atoms with E-state index < -0.39 is 6.10 Å². The first kappa shape index (κ1) is 13.6. The number of β-amino-alcohol motifs (C(OH)–C–C–N with tert-alkyl or cyclic N) is 1. The van der Waals surface area contributed by atoms with E-state index in [1.54, 1.807) is 12.1 Å². The quantitative estimate of drug-likeness (QED) is 0.833. The zero-order chi connectivity index (χ0) is 13.1. The van der Waals surface area contributed by atoms with Crippen LogP contribution in [0.4, 0.5) is 0 Å². The fraction of sp³-hybridized carbons (Fsp3) is 0.538. The molecule has 1 atom stereocenters. The van der Waals surface area contributed by atoms with Crippen molar-refractivity contribution in [3.8, 4) is 6.07 Å². The Morgan fingerprint density at radius 2 is 2.12 bits per heavy atom. The molecule has 0 bridgehead atoms. The highest BCUT2D eigenvalue weighted by Crippen LogP contribution is 2.13. The normalized spacial score (nSPS) is 13.2. The SMILES string of the molecule is Cc1ccc([C@@H](O)CNC(C)(C)C)nc1C#N. The van der Waals surface area contributed by atoms with Crippen molar-refractivity contribution in [2.45, 2.75) is 39.3 Å². The smallest absolute Gasteiger partial charge is 0.143 e. The lowest BCUT2D eigenvalue weighted by Crippen LogP contribution is -2.38. The molecule has 0 saturated heterocycles. The van der Waals surface area contributed by atoms with Crippen LogP contribution in [0.1, 0.15) is 43.8 Å². The topological polar surface area (TPSA) is 68.9 Å². The second kappa shape index (κ2) is 5.26. The van der Waals surface area contributed by atoms with Crippen molar-refractivity contribution in [1.82, 2.24) is 10.3 Å². The number of aryl methyl sites for hydroxylation is 1. The molecule has 0 aliphatic rings. The molecule has 0 aliphatic heterocycles. The van der Waals surface area contributed by atoms with Crippen LogP contribution in [0, 0.1) is 18.3 Å². The molecule has 1 aromatic heterocycles. The molecule has 17 heavy (non-hydrogen) atoms. The Morgan fingerprint density at radius 1 is 1.47 bits per heavy atom. The molecule has 0 aromatic carbocycles. The molecule has 0 aliphatic carbocycles. The summed E-state index contributed by atoms with van der Waals surface area (Å²) in [4.78, 5) is 4.14. The Balaban J connectivity index is 2.77. The maximum atomic E-state index is 9.96. The minimum Gasteiger partial charge on any atom is -0.385 e. The fourth-order valence-corrected chi connectivity index (χ4v) is 1.35. The maximum Gasteiger partial charge on any atom is 0.143 e. The third-order valence-electron chi connectivity index (χ3n) is 2.39. The third-order valence-corrected chi connectivity index (χ3v) is 2.39. The van der Waals surface area contributed by atoms with Gasteiger partial charge in [0.25, 0.3) is 0 Å². The van der Waals surface area contributed by atoms with Gasteiger partial charge in [0.1, 0.15) is 17.9 Å². The van der Waals surface area contributed by atoms with Crippen LogP contribution in [0.3, 0.4) is 0 Å². The highest BCUT2D eigenvalue weighted by atomic mass is 16.3. The number of nitriles is 1. The molecule has 2 N–H and O–H groups in total. The number of nitrogens with zero attached hydrogens (tertiary/aromatic N) is 2. The number of aromatic nitrogens is 1. The number of nitrogens with one attached hydrogen (secondary N) is 1. The van der Waals surface area contributed by atoms with E-state index in [9.17, 15) is 5.11 Å². The number of aliphatic hydroxyl groups excluding tert-OH is 1. The Hall–Kier alpha value is -1.44. The molecule has 1 aromatic rings. The molecule has 1 heterocycles. The Kier molecular flexibility index (Phi) is 4.22. The van der Waals surface area contributed by atoms with Crippen molar-refractivity contribution in [1.29, 1.82) is 5.26 Å². The maximum absolute atomic E-state index is 9.96. The van der Waals surface area contributed by atoms with Crippen LogP contribution in [0.5, 0.6) is 0 Å². The van der Waals surface area contributed by atoms with Gasteiger partial charge >= 0.3 is 0 Å². The van der Waals surface area contributed by atoms with Gasteiger partial charge in [-0.15, -0.1) is 0 Å². The molecule has 92 valence electrons. The average Bonchev–Trinajstić information content (AvgIpc) is 2.25. The summed E-state index contributed by atoms with van der Waals surface area (Å²) < 4.78 is 0. The number of aliphatic hydroxyl groups is 1. The van der Waals surface area contributed by atoms with Crippen molar-refractivity contribution in [2.75, 3.05) is 6.54 Å². The minimum atomic E-state index is -0.693. The molecule has 0 radical (unpaired) electrons. The van der Waals surface area contributed by atoms with E-state index in [1.165, 1.54) is 0 Å². The minimum absolute atomic E-state index is 0.0518. The Morgan fingerprint density at radius 3 is 2.65 bits per heavy atom. The van der Waals surface area contributed by atoms with Crippen molar-refractivity contribution >= 4 is 0 Å². The predicted molar refractivity (Wildman–Crippen MR) is 66.4 cm³/mol. The monoisotopic (exact) mass is 233 g/mol. The molecule has 1 rings (SSSR count). The van der Waals surface area contributed by atoms with E-state index in [1.807, 2.05) is 33.8 Å². The van der Waals surface area contributed by atoms with Crippen molar-refractivity contribution in [2.24, 2.45) is 0 Å². The molecule has 0 fully saturated rings. The van der Waals surface area contributed by atoms with E-state index in [-0.39, 0.29) is 5.54 Å². The lowest BCUT2D eigenvalue weighted by Gasteiger charge is -2.22.